The van der Waals surface area contributed by atoms with Gasteiger partial charge in [0.05, 0.1) is 24.4 Å². The average molecular weight is 239 g/mol. The molecule has 0 spiro atoms. The molecule has 0 radical (unpaired) electrons. The van der Waals surface area contributed by atoms with Crippen LogP contribution in [0.3, 0.4) is 0 Å². The van der Waals surface area contributed by atoms with E-state index in [2.05, 4.69) is 15.0 Å². The Morgan fingerprint density at radius 3 is 2.89 bits per heavy atom. The Balaban J connectivity index is 2.19. The molecular formula is C14H13N3O. The summed E-state index contributed by atoms with van der Waals surface area (Å²) in [5, 5.41) is 0. The van der Waals surface area contributed by atoms with E-state index in [1.165, 1.54) is 0 Å². The predicted molar refractivity (Wildman–Crippen MR) is 70.6 cm³/mol. The van der Waals surface area contributed by atoms with E-state index in [0.717, 1.165) is 33.7 Å². The first-order valence-electron chi connectivity index (χ1n) is 5.72. The summed E-state index contributed by atoms with van der Waals surface area (Å²) in [5.74, 6) is 1.62. The molecule has 0 bridgehead atoms. The van der Waals surface area contributed by atoms with Crippen LogP contribution in [-0.2, 0) is 0 Å². The van der Waals surface area contributed by atoms with Crippen molar-refractivity contribution < 1.29 is 4.74 Å². The third-order valence-electron chi connectivity index (χ3n) is 2.90. The number of fused-ring (bicyclic) bond motifs is 1. The first-order chi connectivity index (χ1) is 8.78. The Hall–Kier alpha value is -2.36. The van der Waals surface area contributed by atoms with Crippen molar-refractivity contribution in [2.24, 2.45) is 0 Å². The summed E-state index contributed by atoms with van der Waals surface area (Å²) in [7, 11) is 1.67. The zero-order valence-corrected chi connectivity index (χ0v) is 10.3. The number of H-pyrrole nitrogens is 1. The smallest absolute Gasteiger partial charge is 0.142 e. The van der Waals surface area contributed by atoms with Gasteiger partial charge in [0.1, 0.15) is 17.1 Å². The van der Waals surface area contributed by atoms with Gasteiger partial charge in [0.2, 0.25) is 0 Å². The van der Waals surface area contributed by atoms with Gasteiger partial charge in [0.25, 0.3) is 0 Å². The molecule has 1 N–H and O–H groups in total. The Bertz CT molecular complexity index is 670. The number of rotatable bonds is 2. The minimum absolute atomic E-state index is 0.801. The van der Waals surface area contributed by atoms with Crippen LogP contribution in [0.4, 0.5) is 0 Å². The van der Waals surface area contributed by atoms with E-state index >= 15 is 0 Å². The van der Waals surface area contributed by atoms with Crippen LogP contribution >= 0.6 is 0 Å². The summed E-state index contributed by atoms with van der Waals surface area (Å²) in [5.41, 5.74) is 3.95. The van der Waals surface area contributed by atoms with Gasteiger partial charge in [-0.25, -0.2) is 4.98 Å². The van der Waals surface area contributed by atoms with Gasteiger partial charge in [-0.1, -0.05) is 6.07 Å². The topological polar surface area (TPSA) is 50.8 Å². The molecule has 1 aromatic carbocycles. The minimum Gasteiger partial charge on any atom is -0.496 e. The van der Waals surface area contributed by atoms with Gasteiger partial charge < -0.3 is 9.72 Å². The van der Waals surface area contributed by atoms with E-state index in [1.54, 1.807) is 19.5 Å². The second-order valence-corrected chi connectivity index (χ2v) is 4.18. The van der Waals surface area contributed by atoms with Crippen LogP contribution < -0.4 is 4.74 Å². The van der Waals surface area contributed by atoms with E-state index in [1.807, 2.05) is 31.2 Å². The first-order valence-corrected chi connectivity index (χ1v) is 5.72. The Morgan fingerprint density at radius 2 is 2.11 bits per heavy atom. The summed E-state index contributed by atoms with van der Waals surface area (Å²) in [6.45, 7) is 2.04. The lowest BCUT2D eigenvalue weighted by Crippen LogP contribution is -1.90. The van der Waals surface area contributed by atoms with Crippen molar-refractivity contribution in [3.8, 4) is 17.1 Å². The lowest BCUT2D eigenvalue weighted by Gasteiger charge is -2.06. The van der Waals surface area contributed by atoms with Gasteiger partial charge in [-0.2, -0.15) is 0 Å². The maximum absolute atomic E-state index is 5.40. The Morgan fingerprint density at radius 1 is 1.22 bits per heavy atom. The molecule has 0 fully saturated rings. The van der Waals surface area contributed by atoms with Crippen molar-refractivity contribution in [3.63, 3.8) is 0 Å². The molecule has 2 heterocycles. The molecule has 3 rings (SSSR count). The van der Waals surface area contributed by atoms with Crippen LogP contribution in [0.1, 0.15) is 5.56 Å². The van der Waals surface area contributed by atoms with E-state index in [4.69, 9.17) is 4.74 Å². The zero-order valence-electron chi connectivity index (χ0n) is 10.3. The van der Waals surface area contributed by atoms with Gasteiger partial charge in [0, 0.05) is 6.20 Å². The number of ether oxygens (including phenoxy) is 1. The number of hydrogen-bond donors (Lipinski definition) is 1. The molecule has 0 saturated heterocycles. The second-order valence-electron chi connectivity index (χ2n) is 4.18. The van der Waals surface area contributed by atoms with E-state index in [0.29, 0.717) is 0 Å². The van der Waals surface area contributed by atoms with Crippen molar-refractivity contribution in [3.05, 3.63) is 42.2 Å². The molecule has 90 valence electrons. The highest BCUT2D eigenvalue weighted by molar-refractivity contribution is 5.79. The number of nitrogens with zero attached hydrogens (tertiary/aromatic N) is 2. The molecule has 0 amide bonds. The van der Waals surface area contributed by atoms with E-state index in [-0.39, 0.29) is 0 Å². The zero-order chi connectivity index (χ0) is 12.5. The molecule has 18 heavy (non-hydrogen) atoms. The summed E-state index contributed by atoms with van der Waals surface area (Å²) in [4.78, 5) is 11.9. The van der Waals surface area contributed by atoms with Gasteiger partial charge in [0.15, 0.2) is 0 Å². The van der Waals surface area contributed by atoms with Crippen molar-refractivity contribution in [1.29, 1.82) is 0 Å². The molecule has 2 aromatic heterocycles. The van der Waals surface area contributed by atoms with Crippen LogP contribution in [0, 0.1) is 6.92 Å². The van der Waals surface area contributed by atoms with Gasteiger partial charge in [-0.05, 0) is 30.7 Å². The fourth-order valence-electron chi connectivity index (χ4n) is 1.98. The number of benzene rings is 1. The van der Waals surface area contributed by atoms with Gasteiger partial charge in [-0.3, -0.25) is 4.98 Å². The molecule has 0 atom stereocenters. The molecule has 0 aliphatic rings. The summed E-state index contributed by atoms with van der Waals surface area (Å²) < 4.78 is 5.40. The molecule has 0 unspecified atom stereocenters. The Labute approximate surface area is 105 Å². The van der Waals surface area contributed by atoms with Crippen molar-refractivity contribution >= 4 is 11.0 Å². The monoisotopic (exact) mass is 239 g/mol. The van der Waals surface area contributed by atoms with Crippen molar-refractivity contribution in [2.45, 2.75) is 6.92 Å². The van der Waals surface area contributed by atoms with Crippen LogP contribution in [0.15, 0.2) is 36.7 Å². The highest BCUT2D eigenvalue weighted by Gasteiger charge is 2.10. The highest BCUT2D eigenvalue weighted by Crippen LogP contribution is 2.29. The van der Waals surface area contributed by atoms with Crippen LogP contribution in [0.25, 0.3) is 22.4 Å². The quantitative estimate of drug-likeness (QED) is 0.748. The SMILES string of the molecule is COc1cc(C)ccc1-c1nc2cnccc2[nH]1. The van der Waals surface area contributed by atoms with Crippen LogP contribution in [0.5, 0.6) is 5.75 Å². The number of nitrogens with one attached hydrogen (secondary N) is 1. The molecule has 4 nitrogen and oxygen atoms in total. The highest BCUT2D eigenvalue weighted by atomic mass is 16.5. The molecule has 0 aliphatic heterocycles. The number of imidazole rings is 1. The lowest BCUT2D eigenvalue weighted by molar-refractivity contribution is 0.416. The number of methoxy groups -OCH3 is 1. The van der Waals surface area contributed by atoms with E-state index < -0.39 is 0 Å². The maximum atomic E-state index is 5.40. The first kappa shape index (κ1) is 10.8. The summed E-state index contributed by atoms with van der Waals surface area (Å²) in [6, 6.07) is 7.97. The molecule has 0 saturated carbocycles. The van der Waals surface area contributed by atoms with Crippen LogP contribution in [0.2, 0.25) is 0 Å². The second kappa shape index (κ2) is 4.14. The normalized spacial score (nSPS) is 10.8. The average Bonchev–Trinajstić information content (AvgIpc) is 2.82. The number of aromatic nitrogens is 3. The molecule has 4 heteroatoms. The fraction of sp³-hybridized carbons (Fsp3) is 0.143. The lowest BCUT2D eigenvalue weighted by atomic mass is 10.1. The number of hydrogen-bond acceptors (Lipinski definition) is 3. The van der Waals surface area contributed by atoms with Crippen molar-refractivity contribution in [1.82, 2.24) is 15.0 Å². The van der Waals surface area contributed by atoms with Gasteiger partial charge >= 0.3 is 0 Å². The molecular weight excluding hydrogens is 226 g/mol. The van der Waals surface area contributed by atoms with Gasteiger partial charge in [-0.15, -0.1) is 0 Å². The van der Waals surface area contributed by atoms with Crippen LogP contribution in [-0.4, -0.2) is 22.1 Å². The molecule has 0 aliphatic carbocycles. The molecule has 3 aromatic rings. The third-order valence-corrected chi connectivity index (χ3v) is 2.90. The summed E-state index contributed by atoms with van der Waals surface area (Å²) in [6.07, 6.45) is 3.49. The predicted octanol–water partition coefficient (Wildman–Crippen LogP) is 2.94. The number of aryl methyl sites for hydroxylation is 1. The summed E-state index contributed by atoms with van der Waals surface area (Å²) >= 11 is 0. The number of aromatic amines is 1. The largest absolute Gasteiger partial charge is 0.496 e. The Kier molecular flexibility index (Phi) is 2.48. The minimum atomic E-state index is 0.801. The standard InChI is InChI=1S/C14H13N3O/c1-9-3-4-10(13(7-9)18-2)14-16-11-5-6-15-8-12(11)17-14/h3-8H,1-2H3,(H,16,17). The number of pyridine rings is 1. The van der Waals surface area contributed by atoms with E-state index in [9.17, 15) is 0 Å². The third kappa shape index (κ3) is 1.72. The fourth-order valence-corrected chi connectivity index (χ4v) is 1.98. The maximum Gasteiger partial charge on any atom is 0.142 e. The van der Waals surface area contributed by atoms with Crippen molar-refractivity contribution in [2.75, 3.05) is 7.11 Å².